The molecule has 1 aromatic carbocycles. The Labute approximate surface area is 216 Å². The lowest BCUT2D eigenvalue weighted by Gasteiger charge is -2.16. The normalized spacial score (nSPS) is 11.1. The van der Waals surface area contributed by atoms with E-state index < -0.39 is 0 Å². The number of ether oxygens (including phenoxy) is 2. The maximum absolute atomic E-state index is 13.4. The molecule has 0 spiro atoms. The third kappa shape index (κ3) is 5.39. The number of pyridine rings is 2. The molecule has 3 heterocycles. The third-order valence-corrected chi connectivity index (χ3v) is 6.38. The van der Waals surface area contributed by atoms with Crippen molar-refractivity contribution in [3.63, 3.8) is 0 Å². The first-order valence-electron chi connectivity index (χ1n) is 11.0. The Bertz CT molecular complexity index is 1440. The highest BCUT2D eigenvalue weighted by Gasteiger charge is 2.17. The van der Waals surface area contributed by atoms with Gasteiger partial charge in [-0.25, -0.2) is 9.97 Å². The average molecular weight is 556 g/mol. The second-order valence-electron chi connectivity index (χ2n) is 8.22. The van der Waals surface area contributed by atoms with E-state index >= 15 is 0 Å². The zero-order chi connectivity index (χ0) is 25.1. The van der Waals surface area contributed by atoms with E-state index in [0.29, 0.717) is 38.0 Å². The van der Waals surface area contributed by atoms with Gasteiger partial charge in [0, 0.05) is 30.1 Å². The van der Waals surface area contributed by atoms with Gasteiger partial charge >= 0.3 is 0 Å². The van der Waals surface area contributed by atoms with E-state index in [4.69, 9.17) is 21.1 Å². The second-order valence-corrected chi connectivity index (χ2v) is 9.42. The molecule has 0 aliphatic heterocycles. The van der Waals surface area contributed by atoms with Gasteiger partial charge in [-0.05, 0) is 52.7 Å². The Morgan fingerprint density at radius 3 is 2.66 bits per heavy atom. The number of rotatable bonds is 7. The molecular weight excluding hydrogens is 532 g/mol. The van der Waals surface area contributed by atoms with Crippen LogP contribution in [0.25, 0.3) is 17.1 Å². The van der Waals surface area contributed by atoms with Crippen molar-refractivity contribution in [2.45, 2.75) is 33.3 Å². The highest BCUT2D eigenvalue weighted by molar-refractivity contribution is 9.10. The lowest BCUT2D eigenvalue weighted by atomic mass is 10.2. The summed E-state index contributed by atoms with van der Waals surface area (Å²) in [6.45, 7) is 6.16. The van der Waals surface area contributed by atoms with Gasteiger partial charge in [0.15, 0.2) is 0 Å². The summed E-state index contributed by atoms with van der Waals surface area (Å²) < 4.78 is 13.0. The molecule has 3 aromatic heterocycles. The molecule has 0 unspecified atom stereocenters. The van der Waals surface area contributed by atoms with Gasteiger partial charge in [0.25, 0.3) is 5.56 Å². The van der Waals surface area contributed by atoms with Crippen LogP contribution in [0.15, 0.2) is 64.1 Å². The fraction of sp³-hybridized carbons (Fsp3) is 0.231. The van der Waals surface area contributed by atoms with E-state index in [-0.39, 0.29) is 18.1 Å². The first-order valence-corrected chi connectivity index (χ1v) is 12.1. The second kappa shape index (κ2) is 10.6. The summed E-state index contributed by atoms with van der Waals surface area (Å²) in [5.74, 6) is 2.07. The number of nitrogens with zero attached hydrogens (tertiary/aromatic N) is 4. The fourth-order valence-corrected chi connectivity index (χ4v) is 4.14. The molecule has 4 rings (SSSR count). The highest BCUT2D eigenvalue weighted by Crippen LogP contribution is 2.29. The van der Waals surface area contributed by atoms with Crippen molar-refractivity contribution in [2.24, 2.45) is 0 Å². The van der Waals surface area contributed by atoms with Crippen LogP contribution in [0.1, 0.15) is 36.8 Å². The van der Waals surface area contributed by atoms with Crippen LogP contribution in [-0.4, -0.2) is 26.6 Å². The van der Waals surface area contributed by atoms with Crippen LogP contribution in [0.4, 0.5) is 0 Å². The van der Waals surface area contributed by atoms with Gasteiger partial charge in [-0.3, -0.25) is 14.3 Å². The van der Waals surface area contributed by atoms with Crippen LogP contribution in [-0.2, 0) is 6.61 Å². The van der Waals surface area contributed by atoms with Crippen LogP contribution in [0.5, 0.6) is 11.5 Å². The molecule has 0 N–H and O–H groups in total. The molecule has 0 bridgehead atoms. The molecule has 0 aliphatic carbocycles. The number of benzene rings is 1. The summed E-state index contributed by atoms with van der Waals surface area (Å²) in [4.78, 5) is 26.7. The molecule has 0 fully saturated rings. The van der Waals surface area contributed by atoms with Crippen LogP contribution in [0.2, 0.25) is 5.02 Å². The summed E-state index contributed by atoms with van der Waals surface area (Å²) in [6, 6.07) is 12.9. The summed E-state index contributed by atoms with van der Waals surface area (Å²) in [7, 11) is 1.61. The van der Waals surface area contributed by atoms with E-state index in [0.717, 1.165) is 17.1 Å². The Kier molecular flexibility index (Phi) is 7.52. The number of hydrogen-bond donors (Lipinski definition) is 0. The number of aromatic nitrogens is 4. The molecule has 4 aromatic rings. The molecule has 0 aliphatic rings. The van der Waals surface area contributed by atoms with Crippen molar-refractivity contribution >= 4 is 27.5 Å². The fourth-order valence-electron chi connectivity index (χ4n) is 3.54. The van der Waals surface area contributed by atoms with Gasteiger partial charge in [0.05, 0.1) is 29.2 Å². The van der Waals surface area contributed by atoms with Gasteiger partial charge < -0.3 is 9.47 Å². The van der Waals surface area contributed by atoms with E-state index in [1.807, 2.05) is 45.0 Å². The lowest BCUT2D eigenvalue weighted by Crippen LogP contribution is -2.22. The van der Waals surface area contributed by atoms with Crippen molar-refractivity contribution in [3.8, 4) is 28.6 Å². The minimum absolute atomic E-state index is 0.173. The molecule has 35 heavy (non-hydrogen) atoms. The number of hydrogen-bond acceptors (Lipinski definition) is 6. The molecule has 0 saturated heterocycles. The maximum Gasteiger partial charge on any atom is 0.273 e. The van der Waals surface area contributed by atoms with E-state index in [1.165, 1.54) is 10.8 Å². The Morgan fingerprint density at radius 1 is 1.11 bits per heavy atom. The van der Waals surface area contributed by atoms with Gasteiger partial charge in [0.1, 0.15) is 28.4 Å². The topological polar surface area (TPSA) is 79.1 Å². The Hall–Kier alpha value is -3.23. The SMILES string of the molecule is COc1cccc(COc2cc(C)n(-c3cc(-c4ccnc(C(C)C)n4)ncc3Cl)c(=O)c2Br)c1. The molecule has 0 saturated carbocycles. The number of halogens is 2. The minimum atomic E-state index is -0.296. The lowest BCUT2D eigenvalue weighted by molar-refractivity contribution is 0.302. The summed E-state index contributed by atoms with van der Waals surface area (Å²) in [5.41, 5.74) is 3.03. The molecular formula is C26H24BrClN4O3. The quantitative estimate of drug-likeness (QED) is 0.273. The molecule has 0 amide bonds. The van der Waals surface area contributed by atoms with Gasteiger partial charge in [-0.1, -0.05) is 37.6 Å². The first-order chi connectivity index (χ1) is 16.8. The van der Waals surface area contributed by atoms with Crippen molar-refractivity contribution in [1.82, 2.24) is 19.5 Å². The van der Waals surface area contributed by atoms with E-state index in [2.05, 4.69) is 30.9 Å². The van der Waals surface area contributed by atoms with Crippen molar-refractivity contribution in [1.29, 1.82) is 0 Å². The molecule has 7 nitrogen and oxygen atoms in total. The summed E-state index contributed by atoms with van der Waals surface area (Å²) in [5, 5.41) is 0.342. The standard InChI is InChI=1S/C26H24BrClN4O3/c1-15(2)25-29-9-8-20(31-25)21-12-22(19(28)13-30-21)32-16(3)10-23(24(27)26(32)33)35-14-17-6-5-7-18(11-17)34-4/h5-13,15H,14H2,1-4H3. The van der Waals surface area contributed by atoms with Crippen LogP contribution in [0, 0.1) is 6.92 Å². The van der Waals surface area contributed by atoms with E-state index in [9.17, 15) is 4.79 Å². The summed E-state index contributed by atoms with van der Waals surface area (Å²) >= 11 is 9.91. The minimum Gasteiger partial charge on any atom is -0.497 e. The maximum atomic E-state index is 13.4. The zero-order valence-electron chi connectivity index (χ0n) is 19.8. The summed E-state index contributed by atoms with van der Waals surface area (Å²) in [6.07, 6.45) is 3.23. The Balaban J connectivity index is 1.70. The number of methoxy groups -OCH3 is 1. The van der Waals surface area contributed by atoms with Gasteiger partial charge in [0.2, 0.25) is 0 Å². The first kappa shape index (κ1) is 24.9. The van der Waals surface area contributed by atoms with Crippen LogP contribution >= 0.6 is 27.5 Å². The monoisotopic (exact) mass is 554 g/mol. The molecule has 0 radical (unpaired) electrons. The smallest absolute Gasteiger partial charge is 0.273 e. The molecule has 0 atom stereocenters. The van der Waals surface area contributed by atoms with Gasteiger partial charge in [-0.2, -0.15) is 0 Å². The third-order valence-electron chi connectivity index (χ3n) is 5.36. The van der Waals surface area contributed by atoms with Crippen molar-refractivity contribution in [3.05, 3.63) is 91.8 Å². The van der Waals surface area contributed by atoms with Crippen molar-refractivity contribution < 1.29 is 9.47 Å². The van der Waals surface area contributed by atoms with Crippen LogP contribution < -0.4 is 15.0 Å². The van der Waals surface area contributed by atoms with Gasteiger partial charge in [-0.15, -0.1) is 0 Å². The van der Waals surface area contributed by atoms with E-state index in [1.54, 1.807) is 31.5 Å². The van der Waals surface area contributed by atoms with Crippen LogP contribution in [0.3, 0.4) is 0 Å². The Morgan fingerprint density at radius 2 is 1.91 bits per heavy atom. The highest BCUT2D eigenvalue weighted by atomic mass is 79.9. The largest absolute Gasteiger partial charge is 0.497 e. The molecule has 9 heteroatoms. The zero-order valence-corrected chi connectivity index (χ0v) is 22.1. The predicted octanol–water partition coefficient (Wildman–Crippen LogP) is 6.12. The average Bonchev–Trinajstić information content (AvgIpc) is 2.86. The molecule has 180 valence electrons. The predicted molar refractivity (Wildman–Crippen MR) is 140 cm³/mol. The number of aryl methyl sites for hydroxylation is 1. The van der Waals surface area contributed by atoms with Crippen molar-refractivity contribution in [2.75, 3.05) is 7.11 Å².